The number of halogens is 2. The van der Waals surface area contributed by atoms with E-state index >= 15 is 0 Å². The number of amides is 2. The Balaban J connectivity index is 1.32. The molecule has 2 aromatic carbocycles. The Labute approximate surface area is 200 Å². The van der Waals surface area contributed by atoms with E-state index in [0.29, 0.717) is 37.4 Å². The number of rotatable bonds is 8. The number of carbonyl (C=O) groups is 2. The quantitative estimate of drug-likeness (QED) is 0.577. The highest BCUT2D eigenvalue weighted by atomic mass is 19.2. The van der Waals surface area contributed by atoms with Crippen molar-refractivity contribution in [2.75, 3.05) is 39.8 Å². The summed E-state index contributed by atoms with van der Waals surface area (Å²) in [5.41, 5.74) is 1.72. The summed E-state index contributed by atoms with van der Waals surface area (Å²) in [5.74, 6) is -1.76. The lowest BCUT2D eigenvalue weighted by atomic mass is 9.89. The fraction of sp³-hybridized carbons (Fsp3) is 0.481. The van der Waals surface area contributed by atoms with E-state index in [4.69, 9.17) is 0 Å². The third-order valence-electron chi connectivity index (χ3n) is 7.12. The van der Waals surface area contributed by atoms with Gasteiger partial charge in [-0.05, 0) is 74.5 Å². The first-order chi connectivity index (χ1) is 16.4. The highest BCUT2D eigenvalue weighted by Gasteiger charge is 2.36. The van der Waals surface area contributed by atoms with Crippen molar-refractivity contribution in [3.8, 4) is 0 Å². The second kappa shape index (κ2) is 11.1. The van der Waals surface area contributed by atoms with Gasteiger partial charge in [-0.15, -0.1) is 0 Å². The summed E-state index contributed by atoms with van der Waals surface area (Å²) in [6.45, 7) is 3.96. The lowest BCUT2D eigenvalue weighted by Crippen LogP contribution is -2.43. The zero-order valence-corrected chi connectivity index (χ0v) is 19.8. The number of hydrogen-bond donors (Lipinski definition) is 0. The molecule has 2 aliphatic heterocycles. The van der Waals surface area contributed by atoms with Gasteiger partial charge in [-0.2, -0.15) is 0 Å². The van der Waals surface area contributed by atoms with Crippen LogP contribution < -0.4 is 0 Å². The molecule has 2 fully saturated rings. The van der Waals surface area contributed by atoms with Gasteiger partial charge in [0.15, 0.2) is 11.6 Å². The first-order valence-electron chi connectivity index (χ1n) is 12.2. The maximum atomic E-state index is 13.9. The topological polar surface area (TPSA) is 43.9 Å². The van der Waals surface area contributed by atoms with Gasteiger partial charge in [0.25, 0.3) is 0 Å². The molecule has 182 valence electrons. The summed E-state index contributed by atoms with van der Waals surface area (Å²) >= 11 is 0. The van der Waals surface area contributed by atoms with Crippen molar-refractivity contribution in [2.45, 2.75) is 44.1 Å². The molecule has 2 heterocycles. The van der Waals surface area contributed by atoms with Crippen LogP contribution >= 0.6 is 0 Å². The SMILES string of the molecule is CN(CCCN1CCC(c2ccccc2)CC1)C(=O)C(c1ccc(F)c(F)c1)N1CCCC1=O. The minimum absolute atomic E-state index is 0.127. The molecule has 0 spiro atoms. The van der Waals surface area contributed by atoms with Crippen LogP contribution in [0.25, 0.3) is 0 Å². The van der Waals surface area contributed by atoms with Crippen molar-refractivity contribution in [1.82, 2.24) is 14.7 Å². The van der Waals surface area contributed by atoms with Gasteiger partial charge >= 0.3 is 0 Å². The van der Waals surface area contributed by atoms with Crippen LogP contribution in [0, 0.1) is 11.6 Å². The molecule has 5 nitrogen and oxygen atoms in total. The smallest absolute Gasteiger partial charge is 0.249 e. The van der Waals surface area contributed by atoms with E-state index in [1.165, 1.54) is 16.5 Å². The fourth-order valence-electron chi connectivity index (χ4n) is 5.15. The largest absolute Gasteiger partial charge is 0.344 e. The summed E-state index contributed by atoms with van der Waals surface area (Å²) in [5, 5.41) is 0. The summed E-state index contributed by atoms with van der Waals surface area (Å²) in [6, 6.07) is 13.2. The van der Waals surface area contributed by atoms with E-state index in [1.54, 1.807) is 11.9 Å². The Hall–Kier alpha value is -2.80. The molecular formula is C27H33F2N3O2. The molecule has 2 aliphatic rings. The number of benzene rings is 2. The van der Waals surface area contributed by atoms with Gasteiger partial charge in [0.1, 0.15) is 6.04 Å². The zero-order chi connectivity index (χ0) is 24.1. The van der Waals surface area contributed by atoms with Crippen molar-refractivity contribution in [3.05, 3.63) is 71.3 Å². The van der Waals surface area contributed by atoms with E-state index in [-0.39, 0.29) is 11.8 Å². The van der Waals surface area contributed by atoms with E-state index in [9.17, 15) is 18.4 Å². The molecule has 2 amide bonds. The van der Waals surface area contributed by atoms with Crippen LogP contribution in [-0.2, 0) is 9.59 Å². The van der Waals surface area contributed by atoms with Gasteiger partial charge in [0, 0.05) is 26.6 Å². The minimum Gasteiger partial charge on any atom is -0.344 e. The maximum absolute atomic E-state index is 13.9. The van der Waals surface area contributed by atoms with Crippen LogP contribution in [-0.4, -0.2) is 66.3 Å². The third kappa shape index (κ3) is 5.63. The first kappa shape index (κ1) is 24.3. The van der Waals surface area contributed by atoms with Gasteiger partial charge < -0.3 is 14.7 Å². The standard InChI is InChI=1S/C27H33F2N3O2/c1-30(14-6-15-31-17-12-21(13-18-31)20-7-3-2-4-8-20)27(34)26(32-16-5-9-25(32)33)22-10-11-23(28)24(29)19-22/h2-4,7-8,10-11,19,21,26H,5-6,9,12-18H2,1H3. The average molecular weight is 470 g/mol. The number of piperidine rings is 1. The van der Waals surface area contributed by atoms with Gasteiger partial charge in [0.05, 0.1) is 0 Å². The van der Waals surface area contributed by atoms with Crippen molar-refractivity contribution in [3.63, 3.8) is 0 Å². The maximum Gasteiger partial charge on any atom is 0.249 e. The molecule has 1 atom stereocenters. The molecule has 0 aliphatic carbocycles. The number of nitrogens with zero attached hydrogens (tertiary/aromatic N) is 3. The first-order valence-corrected chi connectivity index (χ1v) is 12.2. The number of hydrogen-bond acceptors (Lipinski definition) is 3. The lowest BCUT2D eigenvalue weighted by molar-refractivity contribution is -0.143. The molecule has 0 aromatic heterocycles. The molecule has 34 heavy (non-hydrogen) atoms. The summed E-state index contributed by atoms with van der Waals surface area (Å²) < 4.78 is 27.4. The van der Waals surface area contributed by atoms with Gasteiger partial charge in [0.2, 0.25) is 11.8 Å². The average Bonchev–Trinajstić information content (AvgIpc) is 3.27. The van der Waals surface area contributed by atoms with Crippen LogP contribution in [0.4, 0.5) is 8.78 Å². The van der Waals surface area contributed by atoms with Gasteiger partial charge in [-0.3, -0.25) is 9.59 Å². The predicted molar refractivity (Wildman–Crippen MR) is 127 cm³/mol. The second-order valence-electron chi connectivity index (χ2n) is 9.41. The zero-order valence-electron chi connectivity index (χ0n) is 19.8. The van der Waals surface area contributed by atoms with E-state index in [0.717, 1.165) is 51.0 Å². The Morgan fingerprint density at radius 3 is 2.44 bits per heavy atom. The monoisotopic (exact) mass is 469 g/mol. The Morgan fingerprint density at radius 2 is 1.79 bits per heavy atom. The van der Waals surface area contributed by atoms with Gasteiger partial charge in [-0.1, -0.05) is 36.4 Å². The molecule has 0 N–H and O–H groups in total. The minimum atomic E-state index is -1.01. The molecule has 7 heteroatoms. The highest BCUT2D eigenvalue weighted by molar-refractivity contribution is 5.89. The number of likely N-dealkylation sites (tertiary alicyclic amines) is 2. The molecule has 4 rings (SSSR count). The molecule has 0 bridgehead atoms. The van der Waals surface area contributed by atoms with Crippen LogP contribution in [0.3, 0.4) is 0 Å². The Kier molecular flexibility index (Phi) is 7.93. The van der Waals surface area contributed by atoms with E-state index in [2.05, 4.69) is 29.2 Å². The van der Waals surface area contributed by atoms with Crippen molar-refractivity contribution < 1.29 is 18.4 Å². The second-order valence-corrected chi connectivity index (χ2v) is 9.41. The molecule has 0 radical (unpaired) electrons. The molecule has 2 aromatic rings. The Bertz CT molecular complexity index is 993. The molecular weight excluding hydrogens is 436 g/mol. The normalized spacial score (nSPS) is 18.3. The van der Waals surface area contributed by atoms with Crippen molar-refractivity contribution in [1.29, 1.82) is 0 Å². The lowest BCUT2D eigenvalue weighted by Gasteiger charge is -2.33. The van der Waals surface area contributed by atoms with Gasteiger partial charge in [-0.25, -0.2) is 8.78 Å². The predicted octanol–water partition coefficient (Wildman–Crippen LogP) is 4.36. The van der Waals surface area contributed by atoms with Crippen LogP contribution in [0.5, 0.6) is 0 Å². The van der Waals surface area contributed by atoms with Crippen molar-refractivity contribution in [2.24, 2.45) is 0 Å². The summed E-state index contributed by atoms with van der Waals surface area (Å²) in [6.07, 6.45) is 4.11. The molecule has 0 saturated carbocycles. The van der Waals surface area contributed by atoms with Crippen LogP contribution in [0.2, 0.25) is 0 Å². The fourth-order valence-corrected chi connectivity index (χ4v) is 5.15. The molecule has 1 unspecified atom stereocenters. The highest BCUT2D eigenvalue weighted by Crippen LogP contribution is 2.30. The van der Waals surface area contributed by atoms with Crippen LogP contribution in [0.15, 0.2) is 48.5 Å². The Morgan fingerprint density at radius 1 is 1.06 bits per heavy atom. The molecule has 2 saturated heterocycles. The van der Waals surface area contributed by atoms with Crippen LogP contribution in [0.1, 0.15) is 55.2 Å². The summed E-state index contributed by atoms with van der Waals surface area (Å²) in [4.78, 5) is 31.3. The van der Waals surface area contributed by atoms with E-state index < -0.39 is 17.7 Å². The van der Waals surface area contributed by atoms with Crippen molar-refractivity contribution >= 4 is 11.8 Å². The third-order valence-corrected chi connectivity index (χ3v) is 7.12. The summed E-state index contributed by atoms with van der Waals surface area (Å²) in [7, 11) is 1.72. The van der Waals surface area contributed by atoms with E-state index in [1.807, 2.05) is 6.07 Å². The number of likely N-dealkylation sites (N-methyl/N-ethyl adjacent to an activating group) is 1. The number of carbonyl (C=O) groups excluding carboxylic acids is 2.